The molecule has 0 saturated carbocycles. The maximum absolute atomic E-state index is 12.1. The van der Waals surface area contributed by atoms with Gasteiger partial charge >= 0.3 is 0 Å². The molecule has 0 radical (unpaired) electrons. The molecule has 1 amide bonds. The van der Waals surface area contributed by atoms with Gasteiger partial charge in [0.1, 0.15) is 20.3 Å². The SMILES string of the molecule is CCCOCCOc1cccc(OCc2ccccc2/C(=N\OC)C(=O)NC)n1. The van der Waals surface area contributed by atoms with Crippen molar-refractivity contribution in [3.05, 3.63) is 53.6 Å². The smallest absolute Gasteiger partial charge is 0.273 e. The molecule has 0 atom stereocenters. The molecule has 156 valence electrons. The number of aromatic nitrogens is 1. The van der Waals surface area contributed by atoms with E-state index in [-0.39, 0.29) is 18.2 Å². The van der Waals surface area contributed by atoms with Gasteiger partial charge in [0.2, 0.25) is 11.8 Å². The van der Waals surface area contributed by atoms with Crippen LogP contribution in [0, 0.1) is 0 Å². The Morgan fingerprint density at radius 2 is 1.79 bits per heavy atom. The Bertz CT molecular complexity index is 810. The van der Waals surface area contributed by atoms with Crippen LogP contribution in [0.15, 0.2) is 47.6 Å². The summed E-state index contributed by atoms with van der Waals surface area (Å²) in [6.07, 6.45) is 0.972. The van der Waals surface area contributed by atoms with Crippen LogP contribution in [0.4, 0.5) is 0 Å². The van der Waals surface area contributed by atoms with Gasteiger partial charge in [-0.25, -0.2) is 0 Å². The summed E-state index contributed by atoms with van der Waals surface area (Å²) >= 11 is 0. The Labute approximate surface area is 170 Å². The van der Waals surface area contributed by atoms with Crippen molar-refractivity contribution in [2.24, 2.45) is 5.16 Å². The Hall–Kier alpha value is -3.13. The molecule has 0 fully saturated rings. The monoisotopic (exact) mass is 401 g/mol. The van der Waals surface area contributed by atoms with Crippen LogP contribution < -0.4 is 14.8 Å². The topological polar surface area (TPSA) is 91.3 Å². The average Bonchev–Trinajstić information content (AvgIpc) is 2.76. The van der Waals surface area contributed by atoms with Gasteiger partial charge in [-0.2, -0.15) is 4.98 Å². The zero-order chi connectivity index (χ0) is 20.9. The van der Waals surface area contributed by atoms with Crippen LogP contribution in [0.25, 0.3) is 0 Å². The molecular weight excluding hydrogens is 374 g/mol. The minimum Gasteiger partial charge on any atom is -0.475 e. The lowest BCUT2D eigenvalue weighted by molar-refractivity contribution is -0.114. The molecule has 8 nitrogen and oxygen atoms in total. The normalized spacial score (nSPS) is 11.1. The minimum atomic E-state index is -0.349. The third kappa shape index (κ3) is 7.08. The van der Waals surface area contributed by atoms with Crippen molar-refractivity contribution in [1.29, 1.82) is 0 Å². The molecule has 0 unspecified atom stereocenters. The first-order valence-corrected chi connectivity index (χ1v) is 9.41. The number of hydrogen-bond donors (Lipinski definition) is 1. The molecule has 0 saturated heterocycles. The fourth-order valence-corrected chi connectivity index (χ4v) is 2.46. The van der Waals surface area contributed by atoms with Gasteiger partial charge in [-0.3, -0.25) is 4.79 Å². The second-order valence-corrected chi connectivity index (χ2v) is 5.92. The van der Waals surface area contributed by atoms with Crippen molar-refractivity contribution < 1.29 is 23.8 Å². The molecule has 0 aliphatic heterocycles. The first-order chi connectivity index (χ1) is 14.2. The third-order valence-corrected chi connectivity index (χ3v) is 3.80. The first kappa shape index (κ1) is 22.2. The van der Waals surface area contributed by atoms with Crippen LogP contribution in [-0.2, 0) is 21.0 Å². The van der Waals surface area contributed by atoms with E-state index >= 15 is 0 Å². The Kier molecular flexibility index (Phi) is 9.44. The number of nitrogens with zero attached hydrogens (tertiary/aromatic N) is 2. The van der Waals surface area contributed by atoms with E-state index in [4.69, 9.17) is 19.0 Å². The fourth-order valence-electron chi connectivity index (χ4n) is 2.46. The van der Waals surface area contributed by atoms with Crippen LogP contribution in [0.5, 0.6) is 11.8 Å². The fraction of sp³-hybridized carbons (Fsp3) is 0.381. The summed E-state index contributed by atoms with van der Waals surface area (Å²) in [5, 5.41) is 6.41. The maximum Gasteiger partial charge on any atom is 0.273 e. The van der Waals surface area contributed by atoms with Gasteiger partial charge in [0.05, 0.1) is 6.61 Å². The molecule has 29 heavy (non-hydrogen) atoms. The van der Waals surface area contributed by atoms with Crippen molar-refractivity contribution in [2.45, 2.75) is 20.0 Å². The highest BCUT2D eigenvalue weighted by Crippen LogP contribution is 2.17. The molecule has 0 aliphatic rings. The minimum absolute atomic E-state index is 0.173. The van der Waals surface area contributed by atoms with E-state index < -0.39 is 0 Å². The van der Waals surface area contributed by atoms with Crippen LogP contribution >= 0.6 is 0 Å². The Balaban J connectivity index is 2.04. The highest BCUT2D eigenvalue weighted by Gasteiger charge is 2.17. The zero-order valence-electron chi connectivity index (χ0n) is 17.0. The van der Waals surface area contributed by atoms with E-state index in [0.717, 1.165) is 12.0 Å². The number of carbonyl (C=O) groups excluding carboxylic acids is 1. The van der Waals surface area contributed by atoms with Gasteiger partial charge in [-0.15, -0.1) is 0 Å². The lowest BCUT2D eigenvalue weighted by atomic mass is 10.0. The Morgan fingerprint density at radius 1 is 1.03 bits per heavy atom. The number of amides is 1. The number of carbonyl (C=O) groups is 1. The predicted octanol–water partition coefficient (Wildman–Crippen LogP) is 2.56. The van der Waals surface area contributed by atoms with Crippen molar-refractivity contribution in [1.82, 2.24) is 10.3 Å². The lowest BCUT2D eigenvalue weighted by Crippen LogP contribution is -2.29. The number of likely N-dealkylation sites (N-methyl/N-ethyl adjacent to an activating group) is 1. The Morgan fingerprint density at radius 3 is 2.52 bits per heavy atom. The second kappa shape index (κ2) is 12.4. The summed E-state index contributed by atoms with van der Waals surface area (Å²) in [5.74, 6) is 0.526. The van der Waals surface area contributed by atoms with E-state index in [1.165, 1.54) is 14.2 Å². The van der Waals surface area contributed by atoms with Crippen molar-refractivity contribution >= 4 is 11.6 Å². The molecule has 2 rings (SSSR count). The molecule has 1 aromatic heterocycles. The van der Waals surface area contributed by atoms with Crippen molar-refractivity contribution in [3.8, 4) is 11.8 Å². The number of rotatable bonds is 12. The molecule has 0 aliphatic carbocycles. The predicted molar refractivity (Wildman–Crippen MR) is 109 cm³/mol. The van der Waals surface area contributed by atoms with Gasteiger partial charge in [0, 0.05) is 31.4 Å². The van der Waals surface area contributed by atoms with Crippen molar-refractivity contribution in [2.75, 3.05) is 34.0 Å². The van der Waals surface area contributed by atoms with Gasteiger partial charge < -0.3 is 24.4 Å². The summed E-state index contributed by atoms with van der Waals surface area (Å²) in [6.45, 7) is 3.90. The third-order valence-electron chi connectivity index (χ3n) is 3.80. The van der Waals surface area contributed by atoms with E-state index in [1.807, 2.05) is 18.2 Å². The molecule has 0 spiro atoms. The van der Waals surface area contributed by atoms with Crippen LogP contribution in [-0.4, -0.2) is 50.6 Å². The number of ether oxygens (including phenoxy) is 3. The summed E-state index contributed by atoms with van der Waals surface area (Å²) in [4.78, 5) is 21.3. The number of nitrogens with one attached hydrogen (secondary N) is 1. The van der Waals surface area contributed by atoms with Gasteiger partial charge in [-0.05, 0) is 12.0 Å². The number of hydrogen-bond acceptors (Lipinski definition) is 7. The first-order valence-electron chi connectivity index (χ1n) is 9.41. The summed E-state index contributed by atoms with van der Waals surface area (Å²) in [6, 6.07) is 12.6. The second-order valence-electron chi connectivity index (χ2n) is 5.92. The molecule has 1 N–H and O–H groups in total. The van der Waals surface area contributed by atoms with Gasteiger partial charge in [0.25, 0.3) is 5.91 Å². The molecule has 1 heterocycles. The average molecular weight is 401 g/mol. The molecule has 1 aromatic carbocycles. The standard InChI is InChI=1S/C21H27N3O5/c1-4-12-27-13-14-28-18-10-7-11-19(23-18)29-15-16-8-5-6-9-17(16)20(24-26-3)21(25)22-2/h5-11H,4,12-15H2,1-3H3,(H,22,25)/b24-20+. The summed E-state index contributed by atoms with van der Waals surface area (Å²) in [7, 11) is 2.93. The number of benzene rings is 1. The van der Waals surface area contributed by atoms with Gasteiger partial charge in [-0.1, -0.05) is 42.4 Å². The number of oxime groups is 1. The quantitative estimate of drug-likeness (QED) is 0.334. The molecular formula is C21H27N3O5. The van der Waals surface area contributed by atoms with E-state index in [9.17, 15) is 4.79 Å². The van der Waals surface area contributed by atoms with E-state index in [0.29, 0.717) is 37.1 Å². The molecule has 0 bridgehead atoms. The molecule has 8 heteroatoms. The highest BCUT2D eigenvalue weighted by atomic mass is 16.6. The summed E-state index contributed by atoms with van der Waals surface area (Å²) < 4.78 is 16.8. The van der Waals surface area contributed by atoms with Crippen LogP contribution in [0.2, 0.25) is 0 Å². The summed E-state index contributed by atoms with van der Waals surface area (Å²) in [5.41, 5.74) is 1.56. The van der Waals surface area contributed by atoms with Crippen molar-refractivity contribution in [3.63, 3.8) is 0 Å². The maximum atomic E-state index is 12.1. The lowest BCUT2D eigenvalue weighted by Gasteiger charge is -2.12. The molecule has 2 aromatic rings. The van der Waals surface area contributed by atoms with Crippen LogP contribution in [0.3, 0.4) is 0 Å². The van der Waals surface area contributed by atoms with E-state index in [1.54, 1.807) is 24.3 Å². The van der Waals surface area contributed by atoms with Crippen LogP contribution in [0.1, 0.15) is 24.5 Å². The highest BCUT2D eigenvalue weighted by molar-refractivity contribution is 6.45. The zero-order valence-corrected chi connectivity index (χ0v) is 17.0. The largest absolute Gasteiger partial charge is 0.475 e. The van der Waals surface area contributed by atoms with Gasteiger partial charge in [0.15, 0.2) is 5.71 Å². The number of pyridine rings is 1. The van der Waals surface area contributed by atoms with E-state index in [2.05, 4.69) is 22.4 Å².